The number of para-hydroxylation sites is 1. The second-order valence-corrected chi connectivity index (χ2v) is 3.80. The van der Waals surface area contributed by atoms with E-state index in [0.717, 1.165) is 23.4 Å². The minimum absolute atomic E-state index is 0.490. The maximum absolute atomic E-state index is 5.74. The van der Waals surface area contributed by atoms with E-state index in [1.54, 1.807) is 0 Å². The third kappa shape index (κ3) is 2.85. The zero-order valence-electron chi connectivity index (χ0n) is 9.97. The van der Waals surface area contributed by atoms with Gasteiger partial charge >= 0.3 is 0 Å². The van der Waals surface area contributed by atoms with E-state index in [0.29, 0.717) is 13.2 Å². The number of ether oxygens (including phenoxy) is 1. The van der Waals surface area contributed by atoms with Crippen molar-refractivity contribution in [1.29, 1.82) is 0 Å². The molecule has 0 aliphatic heterocycles. The number of aromatic nitrogens is 2. The smallest absolute Gasteiger partial charge is 0.124 e. The van der Waals surface area contributed by atoms with Crippen LogP contribution in [-0.2, 0) is 19.7 Å². The molecule has 0 spiro atoms. The molecule has 2 aromatic rings. The number of nitrogens with two attached hydrogens (primary N) is 1. The third-order valence-corrected chi connectivity index (χ3v) is 2.60. The van der Waals surface area contributed by atoms with E-state index in [-0.39, 0.29) is 0 Å². The summed E-state index contributed by atoms with van der Waals surface area (Å²) in [4.78, 5) is 0. The van der Waals surface area contributed by atoms with Crippen molar-refractivity contribution in [1.82, 2.24) is 9.78 Å². The van der Waals surface area contributed by atoms with Gasteiger partial charge in [-0.05, 0) is 13.0 Å². The van der Waals surface area contributed by atoms with Crippen LogP contribution >= 0.6 is 0 Å². The van der Waals surface area contributed by atoms with E-state index < -0.39 is 0 Å². The largest absolute Gasteiger partial charge is 0.488 e. The molecule has 0 fully saturated rings. The summed E-state index contributed by atoms with van der Waals surface area (Å²) in [5.41, 5.74) is 7.74. The average molecular weight is 231 g/mol. The van der Waals surface area contributed by atoms with Crippen molar-refractivity contribution >= 4 is 0 Å². The number of hydrogen-bond donors (Lipinski definition) is 1. The van der Waals surface area contributed by atoms with Gasteiger partial charge in [-0.25, -0.2) is 0 Å². The zero-order chi connectivity index (χ0) is 12.1. The predicted molar refractivity (Wildman–Crippen MR) is 66.6 cm³/mol. The average Bonchev–Trinajstić information content (AvgIpc) is 2.84. The second kappa shape index (κ2) is 5.50. The van der Waals surface area contributed by atoms with Gasteiger partial charge in [0.15, 0.2) is 0 Å². The minimum atomic E-state index is 0.490. The van der Waals surface area contributed by atoms with Gasteiger partial charge in [-0.2, -0.15) is 5.10 Å². The fourth-order valence-corrected chi connectivity index (χ4v) is 1.63. The van der Waals surface area contributed by atoms with Crippen LogP contribution in [-0.4, -0.2) is 9.78 Å². The summed E-state index contributed by atoms with van der Waals surface area (Å²) in [5.74, 6) is 0.847. The molecule has 90 valence electrons. The molecule has 1 aromatic carbocycles. The van der Waals surface area contributed by atoms with Crippen LogP contribution in [0.15, 0.2) is 36.7 Å². The summed E-state index contributed by atoms with van der Waals surface area (Å²) < 4.78 is 7.62. The lowest BCUT2D eigenvalue weighted by Gasteiger charge is -2.08. The van der Waals surface area contributed by atoms with Crippen molar-refractivity contribution in [2.24, 2.45) is 5.73 Å². The lowest BCUT2D eigenvalue weighted by molar-refractivity contribution is 0.303. The molecule has 0 amide bonds. The standard InChI is InChI=1S/C13H17N3O/c1-2-16-9-11(8-15-16)10-17-13-6-4-3-5-12(13)7-14/h3-6,8-9H,2,7,10,14H2,1H3. The second-order valence-electron chi connectivity index (χ2n) is 3.80. The van der Waals surface area contributed by atoms with Crippen LogP contribution in [0.3, 0.4) is 0 Å². The highest BCUT2D eigenvalue weighted by Gasteiger charge is 2.02. The lowest BCUT2D eigenvalue weighted by atomic mass is 10.2. The van der Waals surface area contributed by atoms with Gasteiger partial charge in [0.1, 0.15) is 12.4 Å². The first-order valence-electron chi connectivity index (χ1n) is 5.75. The molecule has 4 heteroatoms. The Hall–Kier alpha value is -1.81. The Morgan fingerprint density at radius 2 is 2.18 bits per heavy atom. The van der Waals surface area contributed by atoms with E-state index in [1.165, 1.54) is 0 Å². The third-order valence-electron chi connectivity index (χ3n) is 2.60. The van der Waals surface area contributed by atoms with Gasteiger partial charge in [0, 0.05) is 30.4 Å². The summed E-state index contributed by atoms with van der Waals surface area (Å²) in [5, 5.41) is 4.20. The van der Waals surface area contributed by atoms with Crippen molar-refractivity contribution in [2.75, 3.05) is 0 Å². The molecule has 4 nitrogen and oxygen atoms in total. The predicted octanol–water partition coefficient (Wildman–Crippen LogP) is 1.94. The first-order valence-corrected chi connectivity index (χ1v) is 5.75. The molecule has 0 saturated heterocycles. The zero-order valence-corrected chi connectivity index (χ0v) is 9.97. The van der Waals surface area contributed by atoms with Crippen molar-refractivity contribution in [3.8, 4) is 5.75 Å². The molecular formula is C13H17N3O. The maximum atomic E-state index is 5.74. The van der Waals surface area contributed by atoms with E-state index in [9.17, 15) is 0 Å². The molecule has 0 bridgehead atoms. The van der Waals surface area contributed by atoms with Crippen LogP contribution in [0.25, 0.3) is 0 Å². The topological polar surface area (TPSA) is 53.1 Å². The number of nitrogens with zero attached hydrogens (tertiary/aromatic N) is 2. The normalized spacial score (nSPS) is 10.5. The highest BCUT2D eigenvalue weighted by Crippen LogP contribution is 2.18. The minimum Gasteiger partial charge on any atom is -0.488 e. The quantitative estimate of drug-likeness (QED) is 0.855. The van der Waals surface area contributed by atoms with Gasteiger partial charge in [-0.3, -0.25) is 4.68 Å². The van der Waals surface area contributed by atoms with Crippen LogP contribution in [0.2, 0.25) is 0 Å². The Labute approximate surface area is 101 Å². The SMILES string of the molecule is CCn1cc(COc2ccccc2CN)cn1. The number of benzene rings is 1. The Morgan fingerprint density at radius 3 is 2.88 bits per heavy atom. The maximum Gasteiger partial charge on any atom is 0.124 e. The van der Waals surface area contributed by atoms with Gasteiger partial charge in [0.05, 0.1) is 6.20 Å². The van der Waals surface area contributed by atoms with Gasteiger partial charge in [0.25, 0.3) is 0 Å². The van der Waals surface area contributed by atoms with Gasteiger partial charge in [-0.15, -0.1) is 0 Å². The highest BCUT2D eigenvalue weighted by atomic mass is 16.5. The Kier molecular flexibility index (Phi) is 3.77. The van der Waals surface area contributed by atoms with Gasteiger partial charge < -0.3 is 10.5 Å². The lowest BCUT2D eigenvalue weighted by Crippen LogP contribution is -2.02. The Bertz CT molecular complexity index is 479. The number of hydrogen-bond acceptors (Lipinski definition) is 3. The van der Waals surface area contributed by atoms with Crippen molar-refractivity contribution in [2.45, 2.75) is 26.6 Å². The van der Waals surface area contributed by atoms with Crippen LogP contribution in [0, 0.1) is 0 Å². The summed E-state index contributed by atoms with van der Waals surface area (Å²) >= 11 is 0. The molecule has 1 aromatic heterocycles. The highest BCUT2D eigenvalue weighted by molar-refractivity contribution is 5.33. The molecule has 0 aliphatic carbocycles. The fourth-order valence-electron chi connectivity index (χ4n) is 1.63. The van der Waals surface area contributed by atoms with Crippen LogP contribution in [0.5, 0.6) is 5.75 Å². The van der Waals surface area contributed by atoms with E-state index in [1.807, 2.05) is 41.3 Å². The van der Waals surface area contributed by atoms with Crippen LogP contribution in [0.4, 0.5) is 0 Å². The number of aryl methyl sites for hydroxylation is 1. The summed E-state index contributed by atoms with van der Waals surface area (Å²) in [6.07, 6.45) is 3.82. The summed E-state index contributed by atoms with van der Waals surface area (Å²) in [7, 11) is 0. The molecule has 17 heavy (non-hydrogen) atoms. The molecule has 0 saturated carbocycles. The molecule has 0 radical (unpaired) electrons. The summed E-state index contributed by atoms with van der Waals surface area (Å²) in [6, 6.07) is 7.82. The van der Waals surface area contributed by atoms with E-state index in [2.05, 4.69) is 12.0 Å². The van der Waals surface area contributed by atoms with Crippen LogP contribution in [0.1, 0.15) is 18.1 Å². The van der Waals surface area contributed by atoms with Crippen LogP contribution < -0.4 is 10.5 Å². The fraction of sp³-hybridized carbons (Fsp3) is 0.308. The Balaban J connectivity index is 2.01. The molecule has 0 unspecified atom stereocenters. The molecule has 0 atom stereocenters. The van der Waals surface area contributed by atoms with Crippen molar-refractivity contribution < 1.29 is 4.74 Å². The first kappa shape index (κ1) is 11.7. The van der Waals surface area contributed by atoms with Crippen molar-refractivity contribution in [3.63, 3.8) is 0 Å². The monoisotopic (exact) mass is 231 g/mol. The molecule has 0 aliphatic rings. The molecule has 2 N–H and O–H groups in total. The van der Waals surface area contributed by atoms with E-state index >= 15 is 0 Å². The molecule has 2 rings (SSSR count). The molecule has 1 heterocycles. The first-order chi connectivity index (χ1) is 8.33. The number of rotatable bonds is 5. The van der Waals surface area contributed by atoms with E-state index in [4.69, 9.17) is 10.5 Å². The van der Waals surface area contributed by atoms with Gasteiger partial charge in [0.2, 0.25) is 0 Å². The van der Waals surface area contributed by atoms with Gasteiger partial charge in [-0.1, -0.05) is 18.2 Å². The summed E-state index contributed by atoms with van der Waals surface area (Å²) in [6.45, 7) is 3.95. The molecular weight excluding hydrogens is 214 g/mol. The Morgan fingerprint density at radius 1 is 1.35 bits per heavy atom. The van der Waals surface area contributed by atoms with Crippen molar-refractivity contribution in [3.05, 3.63) is 47.8 Å².